The fourth-order valence-corrected chi connectivity index (χ4v) is 1.79. The number of aryl methyl sites for hydroxylation is 1. The number of hydrogen-bond donors (Lipinski definition) is 0. The van der Waals surface area contributed by atoms with E-state index in [1.165, 1.54) is 0 Å². The molecule has 2 rings (SSSR count). The zero-order valence-electron chi connectivity index (χ0n) is 9.64. The average molecular weight is 225 g/mol. The van der Waals surface area contributed by atoms with E-state index < -0.39 is 0 Å². The predicted molar refractivity (Wildman–Crippen MR) is 63.1 cm³/mol. The molecule has 0 bridgehead atoms. The Morgan fingerprint density at radius 1 is 1.41 bits per heavy atom. The van der Waals surface area contributed by atoms with E-state index in [4.69, 9.17) is 5.26 Å². The molecule has 0 N–H and O–H groups in total. The van der Waals surface area contributed by atoms with E-state index >= 15 is 0 Å². The Labute approximate surface area is 99.1 Å². The van der Waals surface area contributed by atoms with Gasteiger partial charge in [-0.3, -0.25) is 9.36 Å². The fourth-order valence-electron chi connectivity index (χ4n) is 1.79. The Morgan fingerprint density at radius 3 is 2.76 bits per heavy atom. The van der Waals surface area contributed by atoms with E-state index in [1.807, 2.05) is 25.1 Å². The van der Waals surface area contributed by atoms with E-state index in [0.29, 0.717) is 17.1 Å². The molecule has 0 radical (unpaired) electrons. The van der Waals surface area contributed by atoms with Gasteiger partial charge in [-0.25, -0.2) is 4.98 Å². The number of aldehydes is 1. The molecule has 84 valence electrons. The van der Waals surface area contributed by atoms with Gasteiger partial charge >= 0.3 is 0 Å². The number of nitriles is 1. The zero-order valence-corrected chi connectivity index (χ0v) is 9.64. The first-order chi connectivity index (χ1) is 8.17. The zero-order chi connectivity index (χ0) is 12.4. The molecule has 0 saturated carbocycles. The van der Waals surface area contributed by atoms with Crippen molar-refractivity contribution in [1.29, 1.82) is 5.26 Å². The lowest BCUT2D eigenvalue weighted by Crippen LogP contribution is -2.04. The molecule has 0 spiro atoms. The van der Waals surface area contributed by atoms with Crippen LogP contribution in [0.4, 0.5) is 0 Å². The van der Waals surface area contributed by atoms with Gasteiger partial charge in [-0.2, -0.15) is 5.26 Å². The van der Waals surface area contributed by atoms with Crippen LogP contribution in [0.1, 0.15) is 27.4 Å². The molecule has 2 heterocycles. The van der Waals surface area contributed by atoms with Gasteiger partial charge in [0.25, 0.3) is 0 Å². The van der Waals surface area contributed by atoms with Gasteiger partial charge in [-0.15, -0.1) is 0 Å². The van der Waals surface area contributed by atoms with Crippen LogP contribution in [0.15, 0.2) is 24.3 Å². The molecular weight excluding hydrogens is 214 g/mol. The van der Waals surface area contributed by atoms with Crippen molar-refractivity contribution in [3.05, 3.63) is 46.9 Å². The molecule has 17 heavy (non-hydrogen) atoms. The summed E-state index contributed by atoms with van der Waals surface area (Å²) < 4.78 is 1.69. The molecule has 4 nitrogen and oxygen atoms in total. The molecule has 0 fully saturated rings. The molecule has 0 aliphatic rings. The normalized spacial score (nSPS) is 9.94. The second kappa shape index (κ2) is 4.22. The standard InChI is InChI=1S/C13H11N3O/c1-9-4-3-5-13(15-9)16-10(2)11(7-14)6-12(16)8-17/h3-6,8H,1-2H3. The van der Waals surface area contributed by atoms with Crippen LogP contribution in [0.5, 0.6) is 0 Å². The topological polar surface area (TPSA) is 58.7 Å². The van der Waals surface area contributed by atoms with Crippen LogP contribution in [0.2, 0.25) is 0 Å². The average Bonchev–Trinajstić information content (AvgIpc) is 2.65. The number of carbonyl (C=O) groups excluding carboxylic acids is 1. The van der Waals surface area contributed by atoms with Crippen LogP contribution in [0.25, 0.3) is 5.82 Å². The van der Waals surface area contributed by atoms with E-state index in [-0.39, 0.29) is 0 Å². The second-order valence-corrected chi connectivity index (χ2v) is 3.77. The lowest BCUT2D eigenvalue weighted by Gasteiger charge is -2.07. The third-order valence-electron chi connectivity index (χ3n) is 2.62. The lowest BCUT2D eigenvalue weighted by molar-refractivity contribution is 0.111. The van der Waals surface area contributed by atoms with Gasteiger partial charge in [0.1, 0.15) is 11.9 Å². The minimum atomic E-state index is 0.442. The maximum atomic E-state index is 11.0. The molecule has 0 aliphatic heterocycles. The summed E-state index contributed by atoms with van der Waals surface area (Å²) in [5.74, 6) is 0.658. The summed E-state index contributed by atoms with van der Waals surface area (Å²) in [6.07, 6.45) is 0.734. The molecule has 0 saturated heterocycles. The number of carbonyl (C=O) groups is 1. The third kappa shape index (κ3) is 1.83. The van der Waals surface area contributed by atoms with Gasteiger partial charge in [0.2, 0.25) is 0 Å². The van der Waals surface area contributed by atoms with Crippen LogP contribution in [0.3, 0.4) is 0 Å². The lowest BCUT2D eigenvalue weighted by atomic mass is 10.3. The molecular formula is C13H11N3O. The number of hydrogen-bond acceptors (Lipinski definition) is 3. The molecule has 0 aliphatic carbocycles. The largest absolute Gasteiger partial charge is 0.296 e. The summed E-state index contributed by atoms with van der Waals surface area (Å²) >= 11 is 0. The van der Waals surface area contributed by atoms with Crippen molar-refractivity contribution in [3.8, 4) is 11.9 Å². The van der Waals surface area contributed by atoms with Crippen molar-refractivity contribution in [2.45, 2.75) is 13.8 Å². The maximum Gasteiger partial charge on any atom is 0.166 e. The van der Waals surface area contributed by atoms with Crippen LogP contribution in [-0.2, 0) is 0 Å². The Balaban J connectivity index is 2.71. The Hall–Kier alpha value is -2.41. The van der Waals surface area contributed by atoms with Crippen molar-refractivity contribution >= 4 is 6.29 Å². The van der Waals surface area contributed by atoms with Crippen molar-refractivity contribution < 1.29 is 4.79 Å². The molecule has 2 aromatic rings. The van der Waals surface area contributed by atoms with E-state index in [1.54, 1.807) is 17.6 Å². The molecule has 4 heteroatoms. The SMILES string of the molecule is Cc1cccc(-n2c(C=O)cc(C#N)c2C)n1. The summed E-state index contributed by atoms with van der Waals surface area (Å²) in [4.78, 5) is 15.4. The number of rotatable bonds is 2. The molecule has 0 unspecified atom stereocenters. The van der Waals surface area contributed by atoms with Gasteiger partial charge < -0.3 is 0 Å². The summed E-state index contributed by atoms with van der Waals surface area (Å²) in [7, 11) is 0. The predicted octanol–water partition coefficient (Wildman–Crippen LogP) is 2.17. The van der Waals surface area contributed by atoms with Crippen LogP contribution in [-0.4, -0.2) is 15.8 Å². The van der Waals surface area contributed by atoms with E-state index in [9.17, 15) is 4.79 Å². The summed E-state index contributed by atoms with van der Waals surface area (Å²) in [5.41, 5.74) is 2.53. The number of nitrogens with zero attached hydrogens (tertiary/aromatic N) is 3. The summed E-state index contributed by atoms with van der Waals surface area (Å²) in [6.45, 7) is 3.68. The van der Waals surface area contributed by atoms with Gasteiger partial charge in [0.15, 0.2) is 6.29 Å². The van der Waals surface area contributed by atoms with Gasteiger partial charge in [-0.1, -0.05) is 6.07 Å². The van der Waals surface area contributed by atoms with Gasteiger partial charge in [0.05, 0.1) is 11.3 Å². The first kappa shape index (κ1) is 11.1. The Bertz CT molecular complexity index is 620. The van der Waals surface area contributed by atoms with Crippen molar-refractivity contribution in [3.63, 3.8) is 0 Å². The first-order valence-electron chi connectivity index (χ1n) is 5.19. The molecule has 0 aromatic carbocycles. The highest BCUT2D eigenvalue weighted by atomic mass is 16.1. The monoisotopic (exact) mass is 225 g/mol. The van der Waals surface area contributed by atoms with Crippen LogP contribution < -0.4 is 0 Å². The van der Waals surface area contributed by atoms with Crippen LogP contribution >= 0.6 is 0 Å². The molecule has 2 aromatic heterocycles. The minimum Gasteiger partial charge on any atom is -0.296 e. The highest BCUT2D eigenvalue weighted by Crippen LogP contribution is 2.18. The van der Waals surface area contributed by atoms with E-state index in [2.05, 4.69) is 11.1 Å². The number of aromatic nitrogens is 2. The highest BCUT2D eigenvalue weighted by Gasteiger charge is 2.13. The van der Waals surface area contributed by atoms with Gasteiger partial charge in [-0.05, 0) is 32.0 Å². The van der Waals surface area contributed by atoms with Crippen LogP contribution in [0, 0.1) is 25.2 Å². The van der Waals surface area contributed by atoms with Crippen molar-refractivity contribution in [2.75, 3.05) is 0 Å². The highest BCUT2D eigenvalue weighted by molar-refractivity contribution is 5.75. The fraction of sp³-hybridized carbons (Fsp3) is 0.154. The Kier molecular flexibility index (Phi) is 2.75. The maximum absolute atomic E-state index is 11.0. The second-order valence-electron chi connectivity index (χ2n) is 3.77. The van der Waals surface area contributed by atoms with Crippen molar-refractivity contribution in [2.24, 2.45) is 0 Å². The van der Waals surface area contributed by atoms with Crippen molar-refractivity contribution in [1.82, 2.24) is 9.55 Å². The summed E-state index contributed by atoms with van der Waals surface area (Å²) in [5, 5.41) is 8.95. The smallest absolute Gasteiger partial charge is 0.166 e. The van der Waals surface area contributed by atoms with E-state index in [0.717, 1.165) is 17.7 Å². The third-order valence-corrected chi connectivity index (χ3v) is 2.62. The first-order valence-corrected chi connectivity index (χ1v) is 5.19. The molecule has 0 amide bonds. The molecule has 0 atom stereocenters. The number of pyridine rings is 1. The van der Waals surface area contributed by atoms with Gasteiger partial charge in [0, 0.05) is 11.4 Å². The quantitative estimate of drug-likeness (QED) is 0.736. The summed E-state index contributed by atoms with van der Waals surface area (Å²) in [6, 6.07) is 9.21. The Morgan fingerprint density at radius 2 is 2.18 bits per heavy atom. The minimum absolute atomic E-state index is 0.442.